The molecular weight excluding hydrogens is 214 g/mol. The standard InChI is InChI=1S/C9H9N3S2/c1-14-8-4-2-7(3-5-8)12-6-10-11-9(12)13/h2-6H,1H3,(H,11,13). The summed E-state index contributed by atoms with van der Waals surface area (Å²) in [5.74, 6) is 0. The molecule has 2 aromatic rings. The minimum atomic E-state index is 0.599. The summed E-state index contributed by atoms with van der Waals surface area (Å²) in [5, 5.41) is 8.18. The molecule has 0 atom stereocenters. The summed E-state index contributed by atoms with van der Waals surface area (Å²) < 4.78 is 1.83. The van der Waals surface area contributed by atoms with Gasteiger partial charge in [-0.15, -0.1) is 34.6 Å². The van der Waals surface area contributed by atoms with Crippen LogP contribution in [-0.2, 0) is 0 Å². The van der Waals surface area contributed by atoms with E-state index in [1.807, 2.05) is 16.7 Å². The van der Waals surface area contributed by atoms with Crippen LogP contribution in [0.4, 0.5) is 0 Å². The largest absolute Gasteiger partial charge is 0.277 e. The zero-order valence-electron chi connectivity index (χ0n) is 7.58. The Balaban J connectivity index is 2.39. The van der Waals surface area contributed by atoms with Gasteiger partial charge in [-0.2, -0.15) is 0 Å². The van der Waals surface area contributed by atoms with Crippen LogP contribution in [-0.4, -0.2) is 21.0 Å². The van der Waals surface area contributed by atoms with Crippen molar-refractivity contribution < 1.29 is 0 Å². The van der Waals surface area contributed by atoms with Crippen molar-refractivity contribution in [3.8, 4) is 5.69 Å². The lowest BCUT2D eigenvalue weighted by Gasteiger charge is -2.03. The second-order valence-electron chi connectivity index (χ2n) is 2.70. The maximum atomic E-state index is 4.19. The molecule has 0 fully saturated rings. The van der Waals surface area contributed by atoms with Crippen molar-refractivity contribution in [2.45, 2.75) is 10.1 Å². The summed E-state index contributed by atoms with van der Waals surface area (Å²) in [5.41, 5.74) is 1.03. The first-order valence-corrected chi connectivity index (χ1v) is 5.72. The van der Waals surface area contributed by atoms with Crippen LogP contribution in [0.2, 0.25) is 0 Å². The second kappa shape index (κ2) is 4.06. The number of thiol groups is 1. The average molecular weight is 223 g/mol. The number of aromatic nitrogens is 3. The minimum absolute atomic E-state index is 0.599. The van der Waals surface area contributed by atoms with Gasteiger partial charge in [0.15, 0.2) is 5.16 Å². The normalized spacial score (nSPS) is 10.4. The summed E-state index contributed by atoms with van der Waals surface area (Å²) in [4.78, 5) is 1.24. The van der Waals surface area contributed by atoms with Crippen LogP contribution < -0.4 is 0 Å². The van der Waals surface area contributed by atoms with E-state index in [0.717, 1.165) is 5.69 Å². The highest BCUT2D eigenvalue weighted by molar-refractivity contribution is 7.98. The average Bonchev–Trinajstić information content (AvgIpc) is 2.65. The summed E-state index contributed by atoms with van der Waals surface area (Å²) in [7, 11) is 0. The fourth-order valence-corrected chi connectivity index (χ4v) is 1.78. The van der Waals surface area contributed by atoms with Gasteiger partial charge >= 0.3 is 0 Å². The fraction of sp³-hybridized carbons (Fsp3) is 0.111. The van der Waals surface area contributed by atoms with Gasteiger partial charge in [-0.25, -0.2) is 0 Å². The number of rotatable bonds is 2. The van der Waals surface area contributed by atoms with Crippen LogP contribution in [0.15, 0.2) is 40.6 Å². The van der Waals surface area contributed by atoms with Gasteiger partial charge < -0.3 is 0 Å². The molecule has 0 spiro atoms. The highest BCUT2D eigenvalue weighted by Crippen LogP contribution is 2.18. The van der Waals surface area contributed by atoms with Crippen molar-refractivity contribution in [3.05, 3.63) is 30.6 Å². The van der Waals surface area contributed by atoms with Crippen molar-refractivity contribution in [2.24, 2.45) is 0 Å². The molecule has 3 nitrogen and oxygen atoms in total. The van der Waals surface area contributed by atoms with Gasteiger partial charge in [0, 0.05) is 10.6 Å². The molecule has 1 heterocycles. The zero-order valence-corrected chi connectivity index (χ0v) is 9.29. The van der Waals surface area contributed by atoms with E-state index >= 15 is 0 Å². The quantitative estimate of drug-likeness (QED) is 0.626. The lowest BCUT2D eigenvalue weighted by molar-refractivity contribution is 0.889. The van der Waals surface area contributed by atoms with Crippen LogP contribution >= 0.6 is 24.4 Å². The molecule has 5 heteroatoms. The molecule has 14 heavy (non-hydrogen) atoms. The summed E-state index contributed by atoms with van der Waals surface area (Å²) in [6.07, 6.45) is 3.70. The Hall–Kier alpha value is -0.940. The highest BCUT2D eigenvalue weighted by atomic mass is 32.2. The van der Waals surface area contributed by atoms with E-state index in [1.165, 1.54) is 4.90 Å². The van der Waals surface area contributed by atoms with E-state index in [1.54, 1.807) is 18.1 Å². The maximum absolute atomic E-state index is 4.19. The van der Waals surface area contributed by atoms with Crippen LogP contribution in [0.3, 0.4) is 0 Å². The van der Waals surface area contributed by atoms with Crippen molar-refractivity contribution >= 4 is 24.4 Å². The third-order valence-corrected chi connectivity index (χ3v) is 2.93. The van der Waals surface area contributed by atoms with E-state index in [-0.39, 0.29) is 0 Å². The molecule has 0 aliphatic heterocycles. The van der Waals surface area contributed by atoms with Gasteiger partial charge in [0.1, 0.15) is 6.33 Å². The van der Waals surface area contributed by atoms with Crippen LogP contribution in [0, 0.1) is 0 Å². The second-order valence-corrected chi connectivity index (χ2v) is 3.98. The van der Waals surface area contributed by atoms with Crippen molar-refractivity contribution in [2.75, 3.05) is 6.26 Å². The van der Waals surface area contributed by atoms with E-state index in [4.69, 9.17) is 0 Å². The fourth-order valence-electron chi connectivity index (χ4n) is 1.15. The van der Waals surface area contributed by atoms with Gasteiger partial charge in [0.2, 0.25) is 0 Å². The third kappa shape index (κ3) is 1.78. The van der Waals surface area contributed by atoms with Gasteiger partial charge in [0.05, 0.1) is 0 Å². The smallest absolute Gasteiger partial charge is 0.192 e. The first-order chi connectivity index (χ1) is 6.81. The number of hydrogen-bond donors (Lipinski definition) is 1. The van der Waals surface area contributed by atoms with Crippen molar-refractivity contribution in [1.29, 1.82) is 0 Å². The highest BCUT2D eigenvalue weighted by Gasteiger charge is 2.01. The van der Waals surface area contributed by atoms with Crippen molar-refractivity contribution in [1.82, 2.24) is 14.8 Å². The lowest BCUT2D eigenvalue weighted by Crippen LogP contribution is -1.92. The molecule has 0 bridgehead atoms. The van der Waals surface area contributed by atoms with Gasteiger partial charge in [-0.1, -0.05) is 0 Å². The van der Waals surface area contributed by atoms with Gasteiger partial charge in [-0.05, 0) is 30.5 Å². The minimum Gasteiger partial charge on any atom is -0.277 e. The Bertz CT molecular complexity index is 422. The summed E-state index contributed by atoms with van der Waals surface area (Å²) in [6, 6.07) is 8.17. The Morgan fingerprint density at radius 3 is 2.50 bits per heavy atom. The van der Waals surface area contributed by atoms with Gasteiger partial charge in [0.25, 0.3) is 0 Å². The van der Waals surface area contributed by atoms with Crippen LogP contribution in [0.5, 0.6) is 0 Å². The van der Waals surface area contributed by atoms with E-state index in [9.17, 15) is 0 Å². The number of thioether (sulfide) groups is 1. The molecule has 0 saturated carbocycles. The predicted octanol–water partition coefficient (Wildman–Crippen LogP) is 2.28. The number of benzene rings is 1. The predicted molar refractivity (Wildman–Crippen MR) is 60.4 cm³/mol. The summed E-state index contributed by atoms with van der Waals surface area (Å²) >= 11 is 5.91. The molecule has 72 valence electrons. The third-order valence-electron chi connectivity index (χ3n) is 1.88. The molecule has 0 radical (unpaired) electrons. The first-order valence-electron chi connectivity index (χ1n) is 4.04. The Morgan fingerprint density at radius 1 is 1.29 bits per heavy atom. The molecule has 0 unspecified atom stereocenters. The Morgan fingerprint density at radius 2 is 2.00 bits per heavy atom. The topological polar surface area (TPSA) is 30.7 Å². The Kier molecular flexibility index (Phi) is 2.79. The molecule has 0 aliphatic carbocycles. The molecule has 0 amide bonds. The molecule has 0 saturated heterocycles. The molecule has 1 aromatic carbocycles. The first kappa shape index (κ1) is 9.61. The monoisotopic (exact) mass is 223 g/mol. The molecule has 2 rings (SSSR count). The lowest BCUT2D eigenvalue weighted by atomic mass is 10.3. The van der Waals surface area contributed by atoms with Crippen molar-refractivity contribution in [3.63, 3.8) is 0 Å². The number of hydrogen-bond acceptors (Lipinski definition) is 4. The van der Waals surface area contributed by atoms with E-state index < -0.39 is 0 Å². The molecule has 0 N–H and O–H groups in total. The summed E-state index contributed by atoms with van der Waals surface area (Å²) in [6.45, 7) is 0. The van der Waals surface area contributed by atoms with Crippen LogP contribution in [0.25, 0.3) is 5.69 Å². The molecular formula is C9H9N3S2. The van der Waals surface area contributed by atoms with E-state index in [0.29, 0.717) is 5.16 Å². The molecule has 1 aromatic heterocycles. The van der Waals surface area contributed by atoms with E-state index in [2.05, 4.69) is 41.2 Å². The maximum Gasteiger partial charge on any atom is 0.192 e. The SMILES string of the molecule is CSc1ccc(-n2cnnc2S)cc1. The van der Waals surface area contributed by atoms with Crippen LogP contribution in [0.1, 0.15) is 0 Å². The Labute approximate surface area is 92.0 Å². The molecule has 0 aliphatic rings. The van der Waals surface area contributed by atoms with Gasteiger partial charge in [-0.3, -0.25) is 4.57 Å². The zero-order chi connectivity index (χ0) is 9.97. The number of nitrogens with zero attached hydrogens (tertiary/aromatic N) is 3.